The molecule has 0 aliphatic rings. The van der Waals surface area contributed by atoms with Crippen LogP contribution in [0, 0.1) is 6.20 Å². The van der Waals surface area contributed by atoms with E-state index in [1.807, 2.05) is 0 Å². The average molecular weight is 206 g/mol. The van der Waals surface area contributed by atoms with Crippen LogP contribution in [0.5, 0.6) is 5.75 Å². The van der Waals surface area contributed by atoms with Crippen molar-refractivity contribution in [1.82, 2.24) is 9.97 Å². The van der Waals surface area contributed by atoms with Crippen LogP contribution in [0.25, 0.3) is 11.3 Å². The molecule has 1 aromatic carbocycles. The Morgan fingerprint density at radius 1 is 1.21 bits per heavy atom. The topological polar surface area (TPSA) is 46.0 Å². The molecule has 1 N–H and O–H groups in total. The van der Waals surface area contributed by atoms with Crippen molar-refractivity contribution in [3.63, 3.8) is 0 Å². The van der Waals surface area contributed by atoms with Crippen LogP contribution < -0.4 is 0 Å². The Bertz CT molecular complexity index is 442. The van der Waals surface area contributed by atoms with E-state index in [1.54, 1.807) is 24.3 Å². The van der Waals surface area contributed by atoms with Crippen molar-refractivity contribution in [1.29, 1.82) is 0 Å². The van der Waals surface area contributed by atoms with Crippen LogP contribution in [0.3, 0.4) is 0 Å². The van der Waals surface area contributed by atoms with E-state index in [4.69, 9.17) is 16.7 Å². The Labute approximate surface area is 86.0 Å². The summed E-state index contributed by atoms with van der Waals surface area (Å²) in [4.78, 5) is 7.84. The molecule has 1 radical (unpaired) electrons. The molecular formula is C10H6ClN2O. The van der Waals surface area contributed by atoms with Crippen molar-refractivity contribution >= 4 is 11.6 Å². The fraction of sp³-hybridized carbons (Fsp3) is 0. The molecule has 1 heterocycles. The van der Waals surface area contributed by atoms with Crippen LogP contribution in [0.15, 0.2) is 30.5 Å². The average Bonchev–Trinajstić information content (AvgIpc) is 2.20. The third kappa shape index (κ3) is 1.67. The molecule has 2 rings (SSSR count). The molecule has 0 aliphatic heterocycles. The van der Waals surface area contributed by atoms with Crippen molar-refractivity contribution in [2.45, 2.75) is 0 Å². The predicted molar refractivity (Wildman–Crippen MR) is 53.0 cm³/mol. The van der Waals surface area contributed by atoms with E-state index >= 15 is 0 Å². The lowest BCUT2D eigenvalue weighted by Gasteiger charge is -2.01. The molecule has 0 amide bonds. The highest BCUT2D eigenvalue weighted by atomic mass is 35.5. The highest BCUT2D eigenvalue weighted by Crippen LogP contribution is 2.24. The predicted octanol–water partition coefficient (Wildman–Crippen LogP) is 2.30. The van der Waals surface area contributed by atoms with Gasteiger partial charge in [0.2, 0.25) is 0 Å². The van der Waals surface area contributed by atoms with Crippen LogP contribution in [0.4, 0.5) is 0 Å². The van der Waals surface area contributed by atoms with Crippen LogP contribution in [-0.2, 0) is 0 Å². The summed E-state index contributed by atoms with van der Waals surface area (Å²) in [5.74, 6) is 0.206. The first-order chi connectivity index (χ1) is 6.77. The molecule has 0 atom stereocenters. The first-order valence-corrected chi connectivity index (χ1v) is 4.33. The van der Waals surface area contributed by atoms with Crippen molar-refractivity contribution in [2.75, 3.05) is 0 Å². The van der Waals surface area contributed by atoms with Gasteiger partial charge in [-0.1, -0.05) is 11.6 Å². The fourth-order valence-corrected chi connectivity index (χ4v) is 1.29. The molecule has 0 aliphatic carbocycles. The molecule has 0 saturated heterocycles. The lowest BCUT2D eigenvalue weighted by atomic mass is 10.1. The fourth-order valence-electron chi connectivity index (χ4n) is 1.09. The van der Waals surface area contributed by atoms with E-state index in [2.05, 4.69) is 16.2 Å². The second-order valence-corrected chi connectivity index (χ2v) is 3.04. The van der Waals surface area contributed by atoms with E-state index in [0.717, 1.165) is 5.56 Å². The molecule has 0 unspecified atom stereocenters. The second kappa shape index (κ2) is 3.64. The minimum absolute atomic E-state index is 0.206. The van der Waals surface area contributed by atoms with Gasteiger partial charge in [0.05, 0.1) is 6.20 Å². The molecule has 14 heavy (non-hydrogen) atoms. The lowest BCUT2D eigenvalue weighted by molar-refractivity contribution is 0.475. The minimum Gasteiger partial charge on any atom is -0.508 e. The van der Waals surface area contributed by atoms with Crippen molar-refractivity contribution in [2.24, 2.45) is 0 Å². The molecule has 4 heteroatoms. The zero-order chi connectivity index (χ0) is 9.97. The Kier molecular flexibility index (Phi) is 2.33. The van der Waals surface area contributed by atoms with E-state index in [-0.39, 0.29) is 5.75 Å². The highest BCUT2D eigenvalue weighted by molar-refractivity contribution is 6.31. The molecule has 0 spiro atoms. The summed E-state index contributed by atoms with van der Waals surface area (Å²) in [6.07, 6.45) is 4.02. The van der Waals surface area contributed by atoms with Crippen LogP contribution >= 0.6 is 11.6 Å². The monoisotopic (exact) mass is 205 g/mol. The maximum absolute atomic E-state index is 9.10. The van der Waals surface area contributed by atoms with Gasteiger partial charge in [-0.3, -0.25) is 0 Å². The van der Waals surface area contributed by atoms with Gasteiger partial charge in [-0.15, -0.1) is 0 Å². The van der Waals surface area contributed by atoms with Gasteiger partial charge in [-0.25, -0.2) is 9.97 Å². The van der Waals surface area contributed by atoms with Gasteiger partial charge >= 0.3 is 0 Å². The van der Waals surface area contributed by atoms with Gasteiger partial charge in [-0.2, -0.15) is 0 Å². The molecule has 0 saturated carbocycles. The van der Waals surface area contributed by atoms with E-state index < -0.39 is 0 Å². The number of phenolic OH excluding ortho intramolecular Hbond substituents is 1. The number of aromatic hydroxyl groups is 1. The normalized spacial score (nSPS) is 10.1. The SMILES string of the molecule is Oc1ccc(-c2n[c]cnc2Cl)cc1. The molecule has 2 aromatic rings. The molecule has 0 fully saturated rings. The Balaban J connectivity index is 2.50. The standard InChI is InChI=1S/C10H6ClN2O/c11-10-9(12-5-6-13-10)7-1-3-8(14)4-2-7/h1-4,6,14H. The van der Waals surface area contributed by atoms with Gasteiger partial charge < -0.3 is 5.11 Å². The van der Waals surface area contributed by atoms with E-state index in [9.17, 15) is 0 Å². The number of hydrogen-bond acceptors (Lipinski definition) is 3. The summed E-state index contributed by atoms with van der Waals surface area (Å²) in [5, 5.41) is 9.42. The summed E-state index contributed by atoms with van der Waals surface area (Å²) in [6.45, 7) is 0. The van der Waals surface area contributed by atoms with Crippen molar-refractivity contribution in [3.05, 3.63) is 41.8 Å². The summed E-state index contributed by atoms with van der Waals surface area (Å²) in [7, 11) is 0. The summed E-state index contributed by atoms with van der Waals surface area (Å²) in [5.41, 5.74) is 1.37. The van der Waals surface area contributed by atoms with E-state index in [1.165, 1.54) is 6.20 Å². The number of hydrogen-bond donors (Lipinski definition) is 1. The van der Waals surface area contributed by atoms with Crippen LogP contribution in [0.1, 0.15) is 0 Å². The number of rotatable bonds is 1. The van der Waals surface area contributed by atoms with Gasteiger partial charge in [0.25, 0.3) is 0 Å². The Morgan fingerprint density at radius 3 is 2.57 bits per heavy atom. The highest BCUT2D eigenvalue weighted by Gasteiger charge is 2.04. The Hall–Kier alpha value is -1.61. The van der Waals surface area contributed by atoms with Crippen LogP contribution in [0.2, 0.25) is 5.15 Å². The third-order valence-corrected chi connectivity index (χ3v) is 2.02. The van der Waals surface area contributed by atoms with Crippen molar-refractivity contribution in [3.8, 4) is 17.0 Å². The number of nitrogens with zero attached hydrogens (tertiary/aromatic N) is 2. The van der Waals surface area contributed by atoms with Crippen molar-refractivity contribution < 1.29 is 5.11 Å². The molecule has 1 aromatic heterocycles. The quantitative estimate of drug-likeness (QED) is 0.777. The third-order valence-electron chi connectivity index (χ3n) is 1.75. The summed E-state index contributed by atoms with van der Waals surface area (Å²) < 4.78 is 0. The zero-order valence-electron chi connectivity index (χ0n) is 7.11. The van der Waals surface area contributed by atoms with Crippen LogP contribution in [-0.4, -0.2) is 15.1 Å². The number of aromatic nitrogens is 2. The molecular weight excluding hydrogens is 200 g/mol. The smallest absolute Gasteiger partial charge is 0.155 e. The largest absolute Gasteiger partial charge is 0.508 e. The van der Waals surface area contributed by atoms with E-state index in [0.29, 0.717) is 10.8 Å². The Morgan fingerprint density at radius 2 is 1.93 bits per heavy atom. The number of benzene rings is 1. The first kappa shape index (κ1) is 8.97. The maximum Gasteiger partial charge on any atom is 0.155 e. The maximum atomic E-state index is 9.10. The first-order valence-electron chi connectivity index (χ1n) is 3.95. The molecule has 69 valence electrons. The summed E-state index contributed by atoms with van der Waals surface area (Å²) in [6, 6.07) is 6.58. The number of phenols is 1. The van der Waals surface area contributed by atoms with Gasteiger partial charge in [0, 0.05) is 5.56 Å². The molecule has 3 nitrogen and oxygen atoms in total. The minimum atomic E-state index is 0.206. The lowest BCUT2D eigenvalue weighted by Crippen LogP contribution is -1.86. The number of halogens is 1. The zero-order valence-corrected chi connectivity index (χ0v) is 7.86. The summed E-state index contributed by atoms with van der Waals surface area (Å²) >= 11 is 5.84. The van der Waals surface area contributed by atoms with Gasteiger partial charge in [0.1, 0.15) is 17.6 Å². The molecule has 0 bridgehead atoms. The van der Waals surface area contributed by atoms with Gasteiger partial charge in [0.15, 0.2) is 5.15 Å². The second-order valence-electron chi connectivity index (χ2n) is 2.69. The van der Waals surface area contributed by atoms with Gasteiger partial charge in [-0.05, 0) is 24.3 Å².